The lowest BCUT2D eigenvalue weighted by molar-refractivity contribution is 0.0891. The van der Waals surface area contributed by atoms with E-state index in [-0.39, 0.29) is 0 Å². The summed E-state index contributed by atoms with van der Waals surface area (Å²) in [5, 5.41) is 3.66. The highest BCUT2D eigenvalue weighted by Crippen LogP contribution is 2.27. The van der Waals surface area contributed by atoms with Gasteiger partial charge in [0.25, 0.3) is 0 Å². The molecule has 2 aliphatic heterocycles. The van der Waals surface area contributed by atoms with Gasteiger partial charge in [-0.05, 0) is 38.3 Å². The zero-order valence-corrected chi connectivity index (χ0v) is 8.21. The highest BCUT2D eigenvalue weighted by Gasteiger charge is 2.34. The van der Waals surface area contributed by atoms with Crippen LogP contribution in [0.15, 0.2) is 0 Å². The molecule has 2 heteroatoms. The molecule has 0 aromatic carbocycles. The lowest BCUT2D eigenvalue weighted by Gasteiger charge is -2.44. The second-order valence-electron chi connectivity index (χ2n) is 4.58. The van der Waals surface area contributed by atoms with Gasteiger partial charge in [0, 0.05) is 19.1 Å². The third-order valence-electron chi connectivity index (χ3n) is 3.40. The molecule has 3 unspecified atom stereocenters. The van der Waals surface area contributed by atoms with Crippen LogP contribution in [0.1, 0.15) is 19.8 Å². The minimum Gasteiger partial charge on any atom is -0.313 e. The van der Waals surface area contributed by atoms with Gasteiger partial charge in [0.15, 0.2) is 0 Å². The summed E-state index contributed by atoms with van der Waals surface area (Å²) >= 11 is 0. The predicted octanol–water partition coefficient (Wildman–Crippen LogP) is 0.936. The van der Waals surface area contributed by atoms with E-state index in [2.05, 4.69) is 24.2 Å². The van der Waals surface area contributed by atoms with Crippen molar-refractivity contribution in [2.45, 2.75) is 25.8 Å². The molecule has 0 aromatic rings. The number of piperidine rings is 2. The Morgan fingerprint density at radius 1 is 1.33 bits per heavy atom. The van der Waals surface area contributed by atoms with Gasteiger partial charge in [-0.2, -0.15) is 0 Å². The SMILES string of the molecule is CC1CN(C)CC2CCCNC12. The number of nitrogens with one attached hydrogen (secondary N) is 1. The van der Waals surface area contributed by atoms with Crippen molar-refractivity contribution in [3.8, 4) is 0 Å². The lowest BCUT2D eigenvalue weighted by Crippen LogP contribution is -2.55. The van der Waals surface area contributed by atoms with E-state index >= 15 is 0 Å². The number of likely N-dealkylation sites (tertiary alicyclic amines) is 1. The van der Waals surface area contributed by atoms with Crippen LogP contribution in [0.4, 0.5) is 0 Å². The summed E-state index contributed by atoms with van der Waals surface area (Å²) in [6.07, 6.45) is 2.81. The molecule has 2 saturated heterocycles. The van der Waals surface area contributed by atoms with E-state index in [1.807, 2.05) is 0 Å². The van der Waals surface area contributed by atoms with Crippen LogP contribution in [0.5, 0.6) is 0 Å². The zero-order chi connectivity index (χ0) is 8.55. The largest absolute Gasteiger partial charge is 0.313 e. The topological polar surface area (TPSA) is 15.3 Å². The Labute approximate surface area is 75.3 Å². The lowest BCUT2D eigenvalue weighted by atomic mass is 9.80. The highest BCUT2D eigenvalue weighted by atomic mass is 15.1. The molecular formula is C10H20N2. The Hall–Kier alpha value is -0.0800. The van der Waals surface area contributed by atoms with Crippen molar-refractivity contribution in [1.82, 2.24) is 10.2 Å². The summed E-state index contributed by atoms with van der Waals surface area (Å²) in [5.74, 6) is 1.77. The molecule has 2 heterocycles. The minimum atomic E-state index is 0.815. The predicted molar refractivity (Wildman–Crippen MR) is 51.2 cm³/mol. The molecule has 2 fully saturated rings. The summed E-state index contributed by atoms with van der Waals surface area (Å²) in [5.41, 5.74) is 0. The van der Waals surface area contributed by atoms with E-state index < -0.39 is 0 Å². The van der Waals surface area contributed by atoms with Crippen LogP contribution in [0.3, 0.4) is 0 Å². The third kappa shape index (κ3) is 1.50. The Bertz CT molecular complexity index is 158. The van der Waals surface area contributed by atoms with Crippen LogP contribution in [0.2, 0.25) is 0 Å². The van der Waals surface area contributed by atoms with Crippen molar-refractivity contribution < 1.29 is 0 Å². The van der Waals surface area contributed by atoms with Gasteiger partial charge in [-0.1, -0.05) is 6.92 Å². The molecule has 70 valence electrons. The fourth-order valence-electron chi connectivity index (χ4n) is 2.93. The van der Waals surface area contributed by atoms with Crippen molar-refractivity contribution >= 4 is 0 Å². The number of rotatable bonds is 0. The van der Waals surface area contributed by atoms with E-state index in [1.54, 1.807) is 0 Å². The second-order valence-corrected chi connectivity index (χ2v) is 4.58. The summed E-state index contributed by atoms with van der Waals surface area (Å²) < 4.78 is 0. The molecule has 0 amide bonds. The first-order valence-corrected chi connectivity index (χ1v) is 5.19. The average Bonchev–Trinajstić information content (AvgIpc) is 2.04. The Kier molecular flexibility index (Phi) is 2.37. The fraction of sp³-hybridized carbons (Fsp3) is 1.00. The van der Waals surface area contributed by atoms with Crippen molar-refractivity contribution in [2.75, 3.05) is 26.7 Å². The van der Waals surface area contributed by atoms with E-state index in [4.69, 9.17) is 0 Å². The van der Waals surface area contributed by atoms with Gasteiger partial charge < -0.3 is 10.2 Å². The van der Waals surface area contributed by atoms with E-state index in [0.717, 1.165) is 17.9 Å². The Balaban J connectivity index is 2.01. The molecular weight excluding hydrogens is 148 g/mol. The molecule has 1 N–H and O–H groups in total. The molecule has 0 saturated carbocycles. The Morgan fingerprint density at radius 3 is 3.00 bits per heavy atom. The molecule has 2 nitrogen and oxygen atoms in total. The van der Waals surface area contributed by atoms with Gasteiger partial charge in [0.1, 0.15) is 0 Å². The standard InChI is InChI=1S/C10H20N2/c1-8-6-12(2)7-9-4-3-5-11-10(8)9/h8-11H,3-7H2,1-2H3. The number of hydrogen-bond acceptors (Lipinski definition) is 2. The maximum absolute atomic E-state index is 3.66. The first kappa shape index (κ1) is 8.52. The third-order valence-corrected chi connectivity index (χ3v) is 3.40. The highest BCUT2D eigenvalue weighted by molar-refractivity contribution is 4.91. The van der Waals surface area contributed by atoms with Crippen LogP contribution in [-0.2, 0) is 0 Å². The van der Waals surface area contributed by atoms with Gasteiger partial charge in [0.05, 0.1) is 0 Å². The summed E-state index contributed by atoms with van der Waals surface area (Å²) in [6, 6.07) is 0.815. The van der Waals surface area contributed by atoms with Crippen LogP contribution in [0.25, 0.3) is 0 Å². The monoisotopic (exact) mass is 168 g/mol. The van der Waals surface area contributed by atoms with Crippen molar-refractivity contribution in [3.05, 3.63) is 0 Å². The molecule has 0 aliphatic carbocycles. The average molecular weight is 168 g/mol. The van der Waals surface area contributed by atoms with E-state index in [0.29, 0.717) is 0 Å². The quantitative estimate of drug-likeness (QED) is 0.579. The number of fused-ring (bicyclic) bond motifs is 1. The molecule has 2 rings (SSSR count). The van der Waals surface area contributed by atoms with E-state index in [1.165, 1.54) is 32.5 Å². The van der Waals surface area contributed by atoms with E-state index in [9.17, 15) is 0 Å². The molecule has 0 aromatic heterocycles. The van der Waals surface area contributed by atoms with Gasteiger partial charge in [-0.15, -0.1) is 0 Å². The molecule has 12 heavy (non-hydrogen) atoms. The van der Waals surface area contributed by atoms with Crippen LogP contribution in [0, 0.1) is 11.8 Å². The van der Waals surface area contributed by atoms with Crippen molar-refractivity contribution in [3.63, 3.8) is 0 Å². The molecule has 0 bridgehead atoms. The summed E-state index contributed by atoms with van der Waals surface area (Å²) in [7, 11) is 2.25. The van der Waals surface area contributed by atoms with Crippen LogP contribution in [-0.4, -0.2) is 37.6 Å². The first-order chi connectivity index (χ1) is 5.77. The first-order valence-electron chi connectivity index (χ1n) is 5.19. The summed E-state index contributed by atoms with van der Waals surface area (Å²) in [6.45, 7) is 6.21. The van der Waals surface area contributed by atoms with Gasteiger partial charge in [-0.25, -0.2) is 0 Å². The van der Waals surface area contributed by atoms with Gasteiger partial charge in [0.2, 0.25) is 0 Å². The second kappa shape index (κ2) is 3.35. The van der Waals surface area contributed by atoms with Gasteiger partial charge in [-0.3, -0.25) is 0 Å². The summed E-state index contributed by atoms with van der Waals surface area (Å²) in [4.78, 5) is 2.48. The maximum Gasteiger partial charge on any atom is 0.0145 e. The zero-order valence-electron chi connectivity index (χ0n) is 8.21. The Morgan fingerprint density at radius 2 is 2.17 bits per heavy atom. The maximum atomic E-state index is 3.66. The molecule has 0 spiro atoms. The molecule has 3 atom stereocenters. The number of hydrogen-bond donors (Lipinski definition) is 1. The molecule has 0 radical (unpaired) electrons. The normalized spacial score (nSPS) is 44.0. The molecule has 2 aliphatic rings. The smallest absolute Gasteiger partial charge is 0.0145 e. The fourth-order valence-corrected chi connectivity index (χ4v) is 2.93. The van der Waals surface area contributed by atoms with Crippen molar-refractivity contribution in [1.29, 1.82) is 0 Å². The van der Waals surface area contributed by atoms with Crippen molar-refractivity contribution in [2.24, 2.45) is 11.8 Å². The van der Waals surface area contributed by atoms with Crippen LogP contribution >= 0.6 is 0 Å². The number of nitrogens with zero attached hydrogens (tertiary/aromatic N) is 1. The van der Waals surface area contributed by atoms with Gasteiger partial charge >= 0.3 is 0 Å². The van der Waals surface area contributed by atoms with Crippen LogP contribution < -0.4 is 5.32 Å². The minimum absolute atomic E-state index is 0.815.